The Labute approximate surface area is 65.9 Å². The molecule has 0 radical (unpaired) electrons. The van der Waals surface area contributed by atoms with Crippen molar-refractivity contribution in [1.82, 2.24) is 15.8 Å². The van der Waals surface area contributed by atoms with Gasteiger partial charge in [-0.3, -0.25) is 5.43 Å². The van der Waals surface area contributed by atoms with Crippen molar-refractivity contribution in [2.24, 2.45) is 5.73 Å². The summed E-state index contributed by atoms with van der Waals surface area (Å²) in [6.07, 6.45) is 2.24. The predicted molar refractivity (Wildman–Crippen MR) is 41.5 cm³/mol. The fourth-order valence-corrected chi connectivity index (χ4v) is 1.10. The molecule has 1 rings (SSSR count). The van der Waals surface area contributed by atoms with Crippen LogP contribution in [-0.2, 0) is 0 Å². The van der Waals surface area contributed by atoms with Crippen LogP contribution in [0.4, 0.5) is 4.79 Å². The molecule has 0 bridgehead atoms. The summed E-state index contributed by atoms with van der Waals surface area (Å²) in [5.41, 5.74) is 7.49. The molecule has 1 aliphatic rings. The second-order valence-electron chi connectivity index (χ2n) is 2.60. The third-order valence-electron chi connectivity index (χ3n) is 1.60. The van der Waals surface area contributed by atoms with E-state index in [-0.39, 0.29) is 0 Å². The van der Waals surface area contributed by atoms with E-state index in [0.29, 0.717) is 6.67 Å². The Kier molecular flexibility index (Phi) is 3.13. The van der Waals surface area contributed by atoms with E-state index in [9.17, 15) is 4.79 Å². The Morgan fingerprint density at radius 1 is 1.55 bits per heavy atom. The number of nitrogens with two attached hydrogens (primary N) is 1. The molecule has 5 heteroatoms. The number of urea groups is 1. The molecule has 0 aromatic rings. The Bertz CT molecular complexity index is 131. The molecule has 11 heavy (non-hydrogen) atoms. The second-order valence-corrected chi connectivity index (χ2v) is 2.60. The largest absolute Gasteiger partial charge is 0.351 e. The number of nitrogens with zero attached hydrogens (tertiary/aromatic N) is 1. The summed E-state index contributed by atoms with van der Waals surface area (Å²) < 4.78 is 0. The summed E-state index contributed by atoms with van der Waals surface area (Å²) in [6, 6.07) is -0.492. The van der Waals surface area contributed by atoms with Gasteiger partial charge in [-0.15, -0.1) is 0 Å². The molecule has 4 N–H and O–H groups in total. The first-order valence-electron chi connectivity index (χ1n) is 3.81. The normalized spacial score (nSPS) is 20.7. The molecule has 64 valence electrons. The van der Waals surface area contributed by atoms with E-state index in [1.54, 1.807) is 5.01 Å². The summed E-state index contributed by atoms with van der Waals surface area (Å²) in [5.74, 6) is 0. The molecule has 0 aromatic carbocycles. The van der Waals surface area contributed by atoms with Crippen molar-refractivity contribution in [3.8, 4) is 0 Å². The number of carbonyl (C=O) groups excluding carboxylic acids is 1. The van der Waals surface area contributed by atoms with Gasteiger partial charge in [0.05, 0.1) is 6.67 Å². The van der Waals surface area contributed by atoms with Crippen molar-refractivity contribution in [1.29, 1.82) is 0 Å². The number of nitrogens with one attached hydrogen (secondary N) is 2. The fraction of sp³-hybridized carbons (Fsp3) is 0.833. The summed E-state index contributed by atoms with van der Waals surface area (Å²) in [5, 5.41) is 4.95. The summed E-state index contributed by atoms with van der Waals surface area (Å²) in [7, 11) is 0. The standard InChI is InChI=1S/C6H14N4O/c7-6(11)9-10-4-2-1-3-8-5-10/h8H,1-5H2,(H3,7,9,11). The number of carbonyl (C=O) groups is 1. The van der Waals surface area contributed by atoms with E-state index in [1.807, 2.05) is 0 Å². The molecule has 0 spiro atoms. The van der Waals surface area contributed by atoms with Gasteiger partial charge < -0.3 is 11.1 Å². The van der Waals surface area contributed by atoms with Crippen molar-refractivity contribution < 1.29 is 4.79 Å². The average molecular weight is 158 g/mol. The third-order valence-corrected chi connectivity index (χ3v) is 1.60. The number of hydrogen-bond acceptors (Lipinski definition) is 3. The quantitative estimate of drug-likeness (QED) is 0.468. The van der Waals surface area contributed by atoms with Crippen LogP contribution in [0.1, 0.15) is 12.8 Å². The molecule has 1 fully saturated rings. The van der Waals surface area contributed by atoms with Crippen molar-refractivity contribution in [3.05, 3.63) is 0 Å². The lowest BCUT2D eigenvalue weighted by molar-refractivity contribution is 0.181. The summed E-state index contributed by atoms with van der Waals surface area (Å²) in [4.78, 5) is 10.4. The maximum atomic E-state index is 10.4. The first kappa shape index (κ1) is 8.29. The highest BCUT2D eigenvalue weighted by atomic mass is 16.2. The van der Waals surface area contributed by atoms with Crippen LogP contribution in [0.3, 0.4) is 0 Å². The molecule has 0 aromatic heterocycles. The number of primary amides is 1. The average Bonchev–Trinajstić information content (AvgIpc) is 2.14. The molecule has 2 amide bonds. The van der Waals surface area contributed by atoms with Gasteiger partial charge in [-0.1, -0.05) is 0 Å². The van der Waals surface area contributed by atoms with E-state index >= 15 is 0 Å². The zero-order valence-corrected chi connectivity index (χ0v) is 6.47. The Morgan fingerprint density at radius 3 is 3.09 bits per heavy atom. The van der Waals surface area contributed by atoms with Crippen LogP contribution < -0.4 is 16.5 Å². The molecule has 1 heterocycles. The SMILES string of the molecule is NC(=O)NN1CCCCNC1. The van der Waals surface area contributed by atoms with Gasteiger partial charge in [0.1, 0.15) is 0 Å². The van der Waals surface area contributed by atoms with E-state index in [1.165, 1.54) is 0 Å². The van der Waals surface area contributed by atoms with Gasteiger partial charge in [0.2, 0.25) is 0 Å². The van der Waals surface area contributed by atoms with Crippen molar-refractivity contribution in [2.75, 3.05) is 19.8 Å². The van der Waals surface area contributed by atoms with Crippen LogP contribution in [0.25, 0.3) is 0 Å². The topological polar surface area (TPSA) is 70.4 Å². The Hall–Kier alpha value is -0.810. The smallest absolute Gasteiger partial charge is 0.326 e. The number of hydrogen-bond donors (Lipinski definition) is 3. The summed E-state index contributed by atoms with van der Waals surface area (Å²) in [6.45, 7) is 2.57. The highest BCUT2D eigenvalue weighted by Gasteiger charge is 2.08. The van der Waals surface area contributed by atoms with Crippen molar-refractivity contribution in [2.45, 2.75) is 12.8 Å². The zero-order chi connectivity index (χ0) is 8.10. The van der Waals surface area contributed by atoms with Crippen LogP contribution in [0, 0.1) is 0 Å². The summed E-state index contributed by atoms with van der Waals surface area (Å²) >= 11 is 0. The first-order valence-corrected chi connectivity index (χ1v) is 3.81. The Morgan fingerprint density at radius 2 is 2.36 bits per heavy atom. The van der Waals surface area contributed by atoms with Crippen LogP contribution in [-0.4, -0.2) is 30.8 Å². The molecular weight excluding hydrogens is 144 g/mol. The zero-order valence-electron chi connectivity index (χ0n) is 6.47. The minimum absolute atomic E-state index is 0.492. The second kappa shape index (κ2) is 4.15. The van der Waals surface area contributed by atoms with Crippen LogP contribution in [0.15, 0.2) is 0 Å². The molecule has 0 aliphatic carbocycles. The highest BCUT2D eigenvalue weighted by Crippen LogP contribution is 1.94. The first-order chi connectivity index (χ1) is 5.29. The van der Waals surface area contributed by atoms with Crippen molar-refractivity contribution in [3.63, 3.8) is 0 Å². The van der Waals surface area contributed by atoms with Gasteiger partial charge in [-0.25, -0.2) is 9.80 Å². The van der Waals surface area contributed by atoms with Gasteiger partial charge in [0, 0.05) is 6.54 Å². The molecule has 1 saturated heterocycles. The number of rotatable bonds is 1. The minimum Gasteiger partial charge on any atom is -0.351 e. The monoisotopic (exact) mass is 158 g/mol. The molecule has 0 saturated carbocycles. The lowest BCUT2D eigenvalue weighted by Gasteiger charge is -2.18. The van der Waals surface area contributed by atoms with Gasteiger partial charge in [0.15, 0.2) is 0 Å². The molecule has 5 nitrogen and oxygen atoms in total. The molecule has 1 aliphatic heterocycles. The molecule has 0 atom stereocenters. The maximum absolute atomic E-state index is 10.4. The molecule has 0 unspecified atom stereocenters. The Balaban J connectivity index is 2.25. The van der Waals surface area contributed by atoms with E-state index in [0.717, 1.165) is 25.9 Å². The van der Waals surface area contributed by atoms with E-state index in [2.05, 4.69) is 10.7 Å². The van der Waals surface area contributed by atoms with Gasteiger partial charge >= 0.3 is 6.03 Å². The predicted octanol–water partition coefficient (Wildman–Crippen LogP) is -0.787. The maximum Gasteiger partial charge on any atom is 0.326 e. The molecular formula is C6H14N4O. The van der Waals surface area contributed by atoms with E-state index < -0.39 is 6.03 Å². The number of amides is 2. The number of hydrazine groups is 1. The third kappa shape index (κ3) is 3.20. The van der Waals surface area contributed by atoms with Gasteiger partial charge in [-0.2, -0.15) is 0 Å². The van der Waals surface area contributed by atoms with Gasteiger partial charge in [-0.05, 0) is 19.4 Å². The minimum atomic E-state index is -0.492. The van der Waals surface area contributed by atoms with Crippen LogP contribution in [0.5, 0.6) is 0 Å². The van der Waals surface area contributed by atoms with E-state index in [4.69, 9.17) is 5.73 Å². The van der Waals surface area contributed by atoms with Crippen LogP contribution >= 0.6 is 0 Å². The highest BCUT2D eigenvalue weighted by molar-refractivity contribution is 5.70. The lowest BCUT2D eigenvalue weighted by Crippen LogP contribution is -2.48. The lowest BCUT2D eigenvalue weighted by atomic mass is 10.3. The van der Waals surface area contributed by atoms with Gasteiger partial charge in [0.25, 0.3) is 0 Å². The van der Waals surface area contributed by atoms with Crippen molar-refractivity contribution >= 4 is 6.03 Å². The van der Waals surface area contributed by atoms with Crippen LogP contribution in [0.2, 0.25) is 0 Å². The fourth-order valence-electron chi connectivity index (χ4n) is 1.10.